The highest BCUT2D eigenvalue weighted by molar-refractivity contribution is 7.99. The predicted molar refractivity (Wildman–Crippen MR) is 97.5 cm³/mol. The van der Waals surface area contributed by atoms with Gasteiger partial charge in [0.2, 0.25) is 5.91 Å². The van der Waals surface area contributed by atoms with E-state index in [0.717, 1.165) is 54.6 Å². The summed E-state index contributed by atoms with van der Waals surface area (Å²) >= 11 is 1.64. The van der Waals surface area contributed by atoms with E-state index >= 15 is 0 Å². The maximum absolute atomic E-state index is 11.9. The lowest BCUT2D eigenvalue weighted by Gasteiger charge is -2.29. The second kappa shape index (κ2) is 9.31. The number of fused-ring (bicyclic) bond motifs is 1. The Hall–Kier alpha value is -1.44. The number of nitrogens with zero attached hydrogens (tertiary/aromatic N) is 1. The topological polar surface area (TPSA) is 71.0 Å². The largest absolute Gasteiger partial charge is 0.486 e. The van der Waals surface area contributed by atoms with Crippen LogP contribution >= 0.6 is 11.8 Å². The first-order chi connectivity index (χ1) is 12.2. The van der Waals surface area contributed by atoms with Crippen LogP contribution in [0.5, 0.6) is 11.5 Å². The van der Waals surface area contributed by atoms with Crippen molar-refractivity contribution in [3.05, 3.63) is 18.2 Å². The Labute approximate surface area is 152 Å². The number of hydrogen-bond acceptors (Lipinski definition) is 6. The normalized spacial score (nSPS) is 20.3. The number of thioether (sulfide) groups is 1. The fourth-order valence-corrected chi connectivity index (χ4v) is 3.93. The minimum atomic E-state index is -0.216. The minimum Gasteiger partial charge on any atom is -0.486 e. The number of hydrogen-bond donors (Lipinski definition) is 2. The number of rotatable bonds is 7. The van der Waals surface area contributed by atoms with Crippen LogP contribution in [0.4, 0.5) is 0 Å². The molecule has 0 unspecified atom stereocenters. The molecule has 0 spiro atoms. The number of likely N-dealkylation sites (tertiary alicyclic amines) is 1. The van der Waals surface area contributed by atoms with Crippen LogP contribution in [0.25, 0.3) is 0 Å². The molecule has 6 nitrogen and oxygen atoms in total. The van der Waals surface area contributed by atoms with Gasteiger partial charge < -0.3 is 19.9 Å². The van der Waals surface area contributed by atoms with Crippen LogP contribution in [0.2, 0.25) is 0 Å². The van der Waals surface area contributed by atoms with E-state index in [2.05, 4.69) is 10.2 Å². The van der Waals surface area contributed by atoms with E-state index < -0.39 is 0 Å². The van der Waals surface area contributed by atoms with Crippen LogP contribution in [-0.2, 0) is 4.79 Å². The second-order valence-electron chi connectivity index (χ2n) is 6.35. The molecule has 1 amide bonds. The van der Waals surface area contributed by atoms with Gasteiger partial charge in [-0.05, 0) is 37.6 Å². The molecule has 138 valence electrons. The number of aliphatic hydroxyl groups is 1. The van der Waals surface area contributed by atoms with Gasteiger partial charge in [0.1, 0.15) is 13.2 Å². The number of carbonyl (C=O) groups is 1. The van der Waals surface area contributed by atoms with Crippen LogP contribution in [0.15, 0.2) is 23.1 Å². The maximum Gasteiger partial charge on any atom is 0.220 e. The minimum absolute atomic E-state index is 0.0719. The smallest absolute Gasteiger partial charge is 0.220 e. The second-order valence-corrected chi connectivity index (χ2v) is 7.52. The van der Waals surface area contributed by atoms with Gasteiger partial charge in [-0.1, -0.05) is 0 Å². The van der Waals surface area contributed by atoms with Crippen LogP contribution in [-0.4, -0.2) is 67.2 Å². The fraction of sp³-hybridized carbons (Fsp3) is 0.611. The third kappa shape index (κ3) is 5.80. The average molecular weight is 366 g/mol. The number of nitrogens with one attached hydrogen (secondary N) is 1. The summed E-state index contributed by atoms with van der Waals surface area (Å²) in [5.41, 5.74) is 0. The Bertz CT molecular complexity index is 584. The van der Waals surface area contributed by atoms with E-state index in [1.54, 1.807) is 11.8 Å². The molecule has 25 heavy (non-hydrogen) atoms. The molecule has 0 aromatic heterocycles. The summed E-state index contributed by atoms with van der Waals surface area (Å²) in [4.78, 5) is 15.2. The van der Waals surface area contributed by atoms with Crippen molar-refractivity contribution in [2.45, 2.75) is 30.3 Å². The molecular weight excluding hydrogens is 340 g/mol. The third-order valence-electron chi connectivity index (χ3n) is 4.34. The molecule has 1 atom stereocenters. The van der Waals surface area contributed by atoms with Crippen molar-refractivity contribution in [1.82, 2.24) is 10.2 Å². The Morgan fingerprint density at radius 2 is 2.16 bits per heavy atom. The van der Waals surface area contributed by atoms with Gasteiger partial charge in [-0.2, -0.15) is 0 Å². The first-order valence-corrected chi connectivity index (χ1v) is 9.89. The van der Waals surface area contributed by atoms with Crippen molar-refractivity contribution in [2.24, 2.45) is 0 Å². The van der Waals surface area contributed by atoms with Crippen LogP contribution in [0.3, 0.4) is 0 Å². The molecular formula is C18H26N2O4S. The zero-order valence-electron chi connectivity index (χ0n) is 14.4. The Balaban J connectivity index is 1.31. The molecule has 0 aliphatic carbocycles. The summed E-state index contributed by atoms with van der Waals surface area (Å²) in [6.07, 6.45) is 2.19. The Kier molecular flexibility index (Phi) is 6.84. The van der Waals surface area contributed by atoms with Gasteiger partial charge in [-0.15, -0.1) is 11.8 Å². The maximum atomic E-state index is 11.9. The van der Waals surface area contributed by atoms with Crippen LogP contribution in [0, 0.1) is 0 Å². The van der Waals surface area contributed by atoms with Crippen molar-refractivity contribution >= 4 is 17.7 Å². The van der Waals surface area contributed by atoms with Gasteiger partial charge in [-0.25, -0.2) is 0 Å². The molecule has 2 aliphatic rings. The van der Waals surface area contributed by atoms with Gasteiger partial charge in [0, 0.05) is 36.7 Å². The number of β-amino-alcohol motifs (C(OH)–C–C–N with tert-alkyl or cyclic N) is 1. The molecule has 7 heteroatoms. The summed E-state index contributed by atoms with van der Waals surface area (Å²) in [6.45, 7) is 4.34. The lowest BCUT2D eigenvalue weighted by molar-refractivity contribution is -0.120. The third-order valence-corrected chi connectivity index (χ3v) is 5.34. The molecule has 1 aromatic rings. The highest BCUT2D eigenvalue weighted by Crippen LogP contribution is 2.34. The Morgan fingerprint density at radius 3 is 3.00 bits per heavy atom. The molecule has 3 rings (SSSR count). The van der Waals surface area contributed by atoms with Gasteiger partial charge in [-0.3, -0.25) is 9.69 Å². The summed E-state index contributed by atoms with van der Waals surface area (Å²) in [6, 6.07) is 5.89. The summed E-state index contributed by atoms with van der Waals surface area (Å²) < 4.78 is 11.1. The number of ether oxygens (including phenoxy) is 2. The molecule has 0 saturated carbocycles. The van der Waals surface area contributed by atoms with E-state index in [0.29, 0.717) is 26.2 Å². The standard InChI is InChI=1S/C18H26N2O4S/c21-14-2-1-7-20(13-14)8-6-19-18(22)5-11-25-15-3-4-16-17(12-15)24-10-9-23-16/h3-4,12,14,21H,1-2,5-11,13H2,(H,19,22)/t14-/m0/s1. The highest BCUT2D eigenvalue weighted by atomic mass is 32.2. The molecule has 1 aromatic carbocycles. The lowest BCUT2D eigenvalue weighted by Crippen LogP contribution is -2.42. The zero-order chi connectivity index (χ0) is 17.5. The summed E-state index contributed by atoms with van der Waals surface area (Å²) in [5.74, 6) is 2.37. The SMILES string of the molecule is O=C(CCSc1ccc2c(c1)OCCO2)NCCN1CCC[C@H](O)C1. The Morgan fingerprint density at radius 1 is 1.32 bits per heavy atom. The van der Waals surface area contributed by atoms with Crippen molar-refractivity contribution < 1.29 is 19.4 Å². The van der Waals surface area contributed by atoms with Crippen LogP contribution in [0.1, 0.15) is 19.3 Å². The zero-order valence-corrected chi connectivity index (χ0v) is 15.2. The first-order valence-electron chi connectivity index (χ1n) is 8.90. The predicted octanol–water partition coefficient (Wildman–Crippen LogP) is 1.51. The first kappa shape index (κ1) is 18.4. The molecule has 0 radical (unpaired) electrons. The average Bonchev–Trinajstić information content (AvgIpc) is 2.62. The molecule has 1 fully saturated rings. The van der Waals surface area contributed by atoms with E-state index in [4.69, 9.17) is 9.47 Å². The van der Waals surface area contributed by atoms with Crippen molar-refractivity contribution in [2.75, 3.05) is 45.1 Å². The molecule has 2 N–H and O–H groups in total. The van der Waals surface area contributed by atoms with Gasteiger partial charge >= 0.3 is 0 Å². The summed E-state index contributed by atoms with van der Waals surface area (Å²) in [5, 5.41) is 12.6. The number of carbonyl (C=O) groups excluding carboxylic acids is 1. The molecule has 2 aliphatic heterocycles. The quantitative estimate of drug-likeness (QED) is 0.713. The molecule has 1 saturated heterocycles. The van der Waals surface area contributed by atoms with Gasteiger partial charge in [0.05, 0.1) is 6.10 Å². The number of aliphatic hydroxyl groups excluding tert-OH is 1. The van der Waals surface area contributed by atoms with E-state index in [1.807, 2.05) is 18.2 Å². The highest BCUT2D eigenvalue weighted by Gasteiger charge is 2.17. The van der Waals surface area contributed by atoms with Crippen molar-refractivity contribution in [3.8, 4) is 11.5 Å². The van der Waals surface area contributed by atoms with E-state index in [-0.39, 0.29) is 12.0 Å². The van der Waals surface area contributed by atoms with Gasteiger partial charge in [0.15, 0.2) is 11.5 Å². The van der Waals surface area contributed by atoms with Crippen LogP contribution < -0.4 is 14.8 Å². The monoisotopic (exact) mass is 366 g/mol. The number of amides is 1. The molecule has 2 heterocycles. The fourth-order valence-electron chi connectivity index (χ4n) is 3.05. The summed E-state index contributed by atoms with van der Waals surface area (Å²) in [7, 11) is 0. The van der Waals surface area contributed by atoms with E-state index in [9.17, 15) is 9.90 Å². The van der Waals surface area contributed by atoms with Crippen molar-refractivity contribution in [3.63, 3.8) is 0 Å². The number of piperidine rings is 1. The van der Waals surface area contributed by atoms with Gasteiger partial charge in [0.25, 0.3) is 0 Å². The van der Waals surface area contributed by atoms with Crippen molar-refractivity contribution in [1.29, 1.82) is 0 Å². The molecule has 0 bridgehead atoms. The lowest BCUT2D eigenvalue weighted by atomic mass is 10.1. The van der Waals surface area contributed by atoms with E-state index in [1.165, 1.54) is 0 Å². The number of benzene rings is 1.